The quantitative estimate of drug-likeness (QED) is 0.632. The maximum atomic E-state index is 3.21. The van der Waals surface area contributed by atoms with Gasteiger partial charge in [0.2, 0.25) is 0 Å². The number of halogens is 1. The average molecular weight is 150 g/mol. The maximum absolute atomic E-state index is 3.21. The van der Waals surface area contributed by atoms with E-state index in [0.717, 1.165) is 5.92 Å². The largest absolute Gasteiger partial charge is 0.319 e. The van der Waals surface area contributed by atoms with Gasteiger partial charge in [0.15, 0.2) is 0 Å². The molecule has 0 heterocycles. The molecule has 0 bridgehead atoms. The summed E-state index contributed by atoms with van der Waals surface area (Å²) in [6.07, 6.45) is 5.85. The first-order valence-corrected chi connectivity index (χ1v) is 3.58. The lowest BCUT2D eigenvalue weighted by molar-refractivity contribution is 0.516. The Hall–Kier alpha value is 0.250. The summed E-state index contributed by atoms with van der Waals surface area (Å²) in [7, 11) is 2.04. The Labute approximate surface area is 63.6 Å². The summed E-state index contributed by atoms with van der Waals surface area (Å²) in [4.78, 5) is 0. The lowest BCUT2D eigenvalue weighted by Gasteiger charge is -2.04. The zero-order valence-corrected chi connectivity index (χ0v) is 6.84. The van der Waals surface area contributed by atoms with Crippen molar-refractivity contribution in [3.8, 4) is 0 Å². The molecule has 1 nitrogen and oxygen atoms in total. The smallest absolute Gasteiger partial charge is 0.00235 e. The molecule has 1 fully saturated rings. The molecule has 1 N–H and O–H groups in total. The fraction of sp³-hybridized carbons (Fsp3) is 1.00. The van der Waals surface area contributed by atoms with Gasteiger partial charge in [0.05, 0.1) is 0 Å². The zero-order valence-electron chi connectivity index (χ0n) is 6.02. The molecule has 56 valence electrons. The van der Waals surface area contributed by atoms with E-state index in [4.69, 9.17) is 0 Å². The number of hydrogen-bond acceptors (Lipinski definition) is 1. The van der Waals surface area contributed by atoms with Crippen LogP contribution in [0.3, 0.4) is 0 Å². The lowest BCUT2D eigenvalue weighted by Crippen LogP contribution is -2.15. The molecular formula is C7H16ClN. The molecule has 0 amide bonds. The second kappa shape index (κ2) is 5.07. The first kappa shape index (κ1) is 9.25. The van der Waals surface area contributed by atoms with Crippen LogP contribution in [0.4, 0.5) is 0 Å². The minimum atomic E-state index is 0. The first-order chi connectivity index (χ1) is 3.93. The van der Waals surface area contributed by atoms with E-state index in [2.05, 4.69) is 5.32 Å². The summed E-state index contributed by atoms with van der Waals surface area (Å²) in [5.74, 6) is 1.000. The van der Waals surface area contributed by atoms with Gasteiger partial charge in [0.25, 0.3) is 0 Å². The molecular weight excluding hydrogens is 134 g/mol. The van der Waals surface area contributed by atoms with E-state index in [0.29, 0.717) is 0 Å². The highest BCUT2D eigenvalue weighted by Gasteiger charge is 2.12. The number of rotatable bonds is 2. The summed E-state index contributed by atoms with van der Waals surface area (Å²) in [5, 5.41) is 3.21. The van der Waals surface area contributed by atoms with Crippen LogP contribution in [0, 0.1) is 5.92 Å². The third-order valence-corrected chi connectivity index (χ3v) is 1.97. The van der Waals surface area contributed by atoms with E-state index in [9.17, 15) is 0 Å². The van der Waals surface area contributed by atoms with Crippen LogP contribution in [0.2, 0.25) is 0 Å². The van der Waals surface area contributed by atoms with Gasteiger partial charge in [-0.25, -0.2) is 0 Å². The van der Waals surface area contributed by atoms with Crippen LogP contribution < -0.4 is 5.32 Å². The highest BCUT2D eigenvalue weighted by Crippen LogP contribution is 2.23. The van der Waals surface area contributed by atoms with Gasteiger partial charge in [0, 0.05) is 0 Å². The SMILES string of the molecule is CNCC1CCCC1.Cl. The average Bonchev–Trinajstić information content (AvgIpc) is 2.19. The minimum absolute atomic E-state index is 0. The molecule has 1 aliphatic rings. The summed E-state index contributed by atoms with van der Waals surface area (Å²) in [6.45, 7) is 1.24. The van der Waals surface area contributed by atoms with Crippen LogP contribution in [-0.4, -0.2) is 13.6 Å². The minimum Gasteiger partial charge on any atom is -0.319 e. The third-order valence-electron chi connectivity index (χ3n) is 1.97. The molecule has 0 atom stereocenters. The van der Waals surface area contributed by atoms with Crippen molar-refractivity contribution >= 4 is 12.4 Å². The predicted octanol–water partition coefficient (Wildman–Crippen LogP) is 1.82. The zero-order chi connectivity index (χ0) is 5.82. The Morgan fingerprint density at radius 2 is 1.89 bits per heavy atom. The van der Waals surface area contributed by atoms with Gasteiger partial charge in [-0.15, -0.1) is 12.4 Å². The van der Waals surface area contributed by atoms with Crippen molar-refractivity contribution in [2.45, 2.75) is 25.7 Å². The number of hydrogen-bond donors (Lipinski definition) is 1. The van der Waals surface area contributed by atoms with Crippen molar-refractivity contribution in [1.29, 1.82) is 0 Å². The molecule has 1 rings (SSSR count). The van der Waals surface area contributed by atoms with E-state index in [-0.39, 0.29) is 12.4 Å². The fourth-order valence-electron chi connectivity index (χ4n) is 1.50. The van der Waals surface area contributed by atoms with Gasteiger partial charge >= 0.3 is 0 Å². The van der Waals surface area contributed by atoms with Gasteiger partial charge in [-0.2, -0.15) is 0 Å². The summed E-state index contributed by atoms with van der Waals surface area (Å²) < 4.78 is 0. The molecule has 2 heteroatoms. The van der Waals surface area contributed by atoms with Gasteiger partial charge in [-0.3, -0.25) is 0 Å². The van der Waals surface area contributed by atoms with E-state index in [1.165, 1.54) is 32.2 Å². The van der Waals surface area contributed by atoms with Crippen LogP contribution >= 0.6 is 12.4 Å². The third kappa shape index (κ3) is 3.07. The monoisotopic (exact) mass is 149 g/mol. The lowest BCUT2D eigenvalue weighted by atomic mass is 10.1. The van der Waals surface area contributed by atoms with Crippen LogP contribution in [-0.2, 0) is 0 Å². The Morgan fingerprint density at radius 3 is 2.33 bits per heavy atom. The number of nitrogens with one attached hydrogen (secondary N) is 1. The Bertz CT molecular complexity index is 59.9. The van der Waals surface area contributed by atoms with E-state index in [1.54, 1.807) is 0 Å². The molecule has 0 aromatic carbocycles. The first-order valence-electron chi connectivity index (χ1n) is 3.58. The van der Waals surface area contributed by atoms with Gasteiger partial charge in [-0.1, -0.05) is 12.8 Å². The second-order valence-electron chi connectivity index (χ2n) is 2.71. The molecule has 0 saturated heterocycles. The van der Waals surface area contributed by atoms with Gasteiger partial charge < -0.3 is 5.32 Å². The van der Waals surface area contributed by atoms with Crippen LogP contribution in [0.5, 0.6) is 0 Å². The summed E-state index contributed by atoms with van der Waals surface area (Å²) in [6, 6.07) is 0. The summed E-state index contributed by atoms with van der Waals surface area (Å²) in [5.41, 5.74) is 0. The van der Waals surface area contributed by atoms with Crippen molar-refractivity contribution in [1.82, 2.24) is 5.32 Å². The fourth-order valence-corrected chi connectivity index (χ4v) is 1.50. The van der Waals surface area contributed by atoms with Crippen LogP contribution in [0.15, 0.2) is 0 Å². The van der Waals surface area contributed by atoms with Crippen molar-refractivity contribution < 1.29 is 0 Å². The molecule has 0 aromatic rings. The highest BCUT2D eigenvalue weighted by molar-refractivity contribution is 5.85. The highest BCUT2D eigenvalue weighted by atomic mass is 35.5. The van der Waals surface area contributed by atoms with Crippen molar-refractivity contribution in [2.75, 3.05) is 13.6 Å². The van der Waals surface area contributed by atoms with Crippen LogP contribution in [0.1, 0.15) is 25.7 Å². The predicted molar refractivity (Wildman–Crippen MR) is 43.1 cm³/mol. The molecule has 0 aromatic heterocycles. The van der Waals surface area contributed by atoms with Crippen molar-refractivity contribution in [3.05, 3.63) is 0 Å². The van der Waals surface area contributed by atoms with Crippen molar-refractivity contribution in [3.63, 3.8) is 0 Å². The standard InChI is InChI=1S/C7H15N.ClH/c1-8-6-7-4-2-3-5-7;/h7-8H,2-6H2,1H3;1H. The Kier molecular flexibility index (Phi) is 5.21. The van der Waals surface area contributed by atoms with E-state index < -0.39 is 0 Å². The Balaban J connectivity index is 0.000000640. The van der Waals surface area contributed by atoms with Crippen molar-refractivity contribution in [2.24, 2.45) is 5.92 Å². The normalized spacial score (nSPS) is 19.7. The molecule has 1 aliphatic carbocycles. The molecule has 0 spiro atoms. The maximum Gasteiger partial charge on any atom is -0.00235 e. The molecule has 0 unspecified atom stereocenters. The molecule has 9 heavy (non-hydrogen) atoms. The molecule has 0 radical (unpaired) electrons. The summed E-state index contributed by atoms with van der Waals surface area (Å²) >= 11 is 0. The molecule has 0 aliphatic heterocycles. The van der Waals surface area contributed by atoms with E-state index in [1.807, 2.05) is 7.05 Å². The van der Waals surface area contributed by atoms with E-state index >= 15 is 0 Å². The van der Waals surface area contributed by atoms with Crippen LogP contribution in [0.25, 0.3) is 0 Å². The van der Waals surface area contributed by atoms with Gasteiger partial charge in [0.1, 0.15) is 0 Å². The molecule has 1 saturated carbocycles. The second-order valence-corrected chi connectivity index (χ2v) is 2.71. The van der Waals surface area contributed by atoms with Gasteiger partial charge in [-0.05, 0) is 32.4 Å². The Morgan fingerprint density at radius 1 is 1.33 bits per heavy atom. The topological polar surface area (TPSA) is 12.0 Å².